The second kappa shape index (κ2) is 8.07. The van der Waals surface area contributed by atoms with Crippen molar-refractivity contribution in [2.45, 2.75) is 17.9 Å². The molecule has 1 N–H and O–H groups in total. The van der Waals surface area contributed by atoms with E-state index in [1.165, 1.54) is 19.1 Å². The lowest BCUT2D eigenvalue weighted by atomic mass is 10.2. The standard InChI is InChI=1S/C17H15Cl2NO5S/c1-10(16(21)20-12-5-3-11(18)4-6-12)25-17(22)14-9-13(26(2,23)24)7-8-15(14)19/h3-10H,1-2H3,(H,20,21)/t10-/m1/s1. The highest BCUT2D eigenvalue weighted by Crippen LogP contribution is 2.22. The largest absolute Gasteiger partial charge is 0.449 e. The van der Waals surface area contributed by atoms with Crippen molar-refractivity contribution in [3.05, 3.63) is 58.1 Å². The molecule has 0 aliphatic carbocycles. The van der Waals surface area contributed by atoms with Crippen molar-refractivity contribution in [2.24, 2.45) is 0 Å². The summed E-state index contributed by atoms with van der Waals surface area (Å²) in [7, 11) is -3.52. The summed E-state index contributed by atoms with van der Waals surface area (Å²) in [5, 5.41) is 3.11. The van der Waals surface area contributed by atoms with Crippen LogP contribution in [0.1, 0.15) is 17.3 Å². The lowest BCUT2D eigenvalue weighted by Gasteiger charge is -2.14. The third-order valence-corrected chi connectivity index (χ3v) is 5.04. The fraction of sp³-hybridized carbons (Fsp3) is 0.176. The topological polar surface area (TPSA) is 89.5 Å². The first kappa shape index (κ1) is 20.2. The van der Waals surface area contributed by atoms with Crippen molar-refractivity contribution in [2.75, 3.05) is 11.6 Å². The number of esters is 1. The van der Waals surface area contributed by atoms with Crippen LogP contribution in [0.25, 0.3) is 0 Å². The second-order valence-corrected chi connectivity index (χ2v) is 8.32. The van der Waals surface area contributed by atoms with Crippen molar-refractivity contribution >= 4 is 50.6 Å². The van der Waals surface area contributed by atoms with E-state index in [4.69, 9.17) is 27.9 Å². The van der Waals surface area contributed by atoms with Gasteiger partial charge in [0.25, 0.3) is 5.91 Å². The number of nitrogens with one attached hydrogen (secondary N) is 1. The third kappa shape index (κ3) is 5.20. The van der Waals surface area contributed by atoms with Crippen LogP contribution in [-0.4, -0.2) is 32.7 Å². The maximum atomic E-state index is 12.3. The minimum absolute atomic E-state index is 0.0210. The summed E-state index contributed by atoms with van der Waals surface area (Å²) in [6.45, 7) is 1.39. The summed E-state index contributed by atoms with van der Waals surface area (Å²) in [5.74, 6) is -1.46. The van der Waals surface area contributed by atoms with Gasteiger partial charge in [0, 0.05) is 17.0 Å². The highest BCUT2D eigenvalue weighted by atomic mass is 35.5. The predicted octanol–water partition coefficient (Wildman–Crippen LogP) is 3.58. The lowest BCUT2D eigenvalue weighted by molar-refractivity contribution is -0.123. The number of carbonyl (C=O) groups is 2. The van der Waals surface area contributed by atoms with Crippen LogP contribution in [0, 0.1) is 0 Å². The number of carbonyl (C=O) groups excluding carboxylic acids is 2. The molecule has 0 spiro atoms. The number of hydrogen-bond acceptors (Lipinski definition) is 5. The van der Waals surface area contributed by atoms with Crippen LogP contribution in [-0.2, 0) is 19.4 Å². The monoisotopic (exact) mass is 415 g/mol. The van der Waals surface area contributed by atoms with Crippen LogP contribution in [0.4, 0.5) is 5.69 Å². The van der Waals surface area contributed by atoms with Gasteiger partial charge >= 0.3 is 5.97 Å². The molecule has 1 amide bonds. The summed E-state index contributed by atoms with van der Waals surface area (Å²) < 4.78 is 28.3. The molecule has 0 aliphatic rings. The number of rotatable bonds is 5. The van der Waals surface area contributed by atoms with E-state index in [9.17, 15) is 18.0 Å². The van der Waals surface area contributed by atoms with Gasteiger partial charge in [-0.3, -0.25) is 4.79 Å². The van der Waals surface area contributed by atoms with Gasteiger partial charge in [-0.15, -0.1) is 0 Å². The number of amides is 1. The van der Waals surface area contributed by atoms with Crippen LogP contribution in [0.3, 0.4) is 0 Å². The number of sulfone groups is 1. The molecular weight excluding hydrogens is 401 g/mol. The maximum absolute atomic E-state index is 12.3. The maximum Gasteiger partial charge on any atom is 0.340 e. The highest BCUT2D eigenvalue weighted by Gasteiger charge is 2.22. The molecule has 0 fully saturated rings. The normalized spacial score (nSPS) is 12.3. The molecule has 0 heterocycles. The Morgan fingerprint density at radius 3 is 2.27 bits per heavy atom. The van der Waals surface area contributed by atoms with Gasteiger partial charge in [-0.25, -0.2) is 13.2 Å². The minimum atomic E-state index is -3.52. The predicted molar refractivity (Wildman–Crippen MR) is 99.5 cm³/mol. The van der Waals surface area contributed by atoms with Crippen LogP contribution < -0.4 is 5.32 Å². The first-order chi connectivity index (χ1) is 12.1. The number of ether oxygens (including phenoxy) is 1. The summed E-state index contributed by atoms with van der Waals surface area (Å²) >= 11 is 11.7. The van der Waals surface area contributed by atoms with E-state index < -0.39 is 27.8 Å². The molecule has 2 aromatic rings. The zero-order valence-electron chi connectivity index (χ0n) is 13.8. The smallest absolute Gasteiger partial charge is 0.340 e. The molecule has 0 saturated heterocycles. The molecule has 9 heteroatoms. The van der Waals surface area contributed by atoms with Crippen LogP contribution >= 0.6 is 23.2 Å². The van der Waals surface area contributed by atoms with Crippen molar-refractivity contribution in [1.82, 2.24) is 0 Å². The van der Waals surface area contributed by atoms with E-state index >= 15 is 0 Å². The molecular formula is C17H15Cl2NO5S. The van der Waals surface area contributed by atoms with Crippen molar-refractivity contribution in [3.8, 4) is 0 Å². The van der Waals surface area contributed by atoms with E-state index in [1.807, 2.05) is 0 Å². The molecule has 6 nitrogen and oxygen atoms in total. The molecule has 1 atom stereocenters. The molecule has 2 rings (SSSR count). The summed E-state index contributed by atoms with van der Waals surface area (Å²) in [6.07, 6.45) is -0.121. The van der Waals surface area contributed by atoms with Crippen LogP contribution in [0.2, 0.25) is 10.0 Å². The zero-order chi connectivity index (χ0) is 19.5. The lowest BCUT2D eigenvalue weighted by Crippen LogP contribution is -2.30. The Labute approximate surface area is 161 Å². The van der Waals surface area contributed by atoms with Gasteiger partial charge in [0.2, 0.25) is 0 Å². The van der Waals surface area contributed by atoms with Gasteiger partial charge in [0.1, 0.15) is 0 Å². The fourth-order valence-corrected chi connectivity index (χ4v) is 2.91. The van der Waals surface area contributed by atoms with E-state index in [-0.39, 0.29) is 15.5 Å². The highest BCUT2D eigenvalue weighted by molar-refractivity contribution is 7.90. The van der Waals surface area contributed by atoms with E-state index in [1.54, 1.807) is 24.3 Å². The van der Waals surface area contributed by atoms with Crippen molar-refractivity contribution in [3.63, 3.8) is 0 Å². The molecule has 0 aromatic heterocycles. The molecule has 138 valence electrons. The van der Waals surface area contributed by atoms with Crippen molar-refractivity contribution in [1.29, 1.82) is 0 Å². The van der Waals surface area contributed by atoms with E-state index in [0.29, 0.717) is 10.7 Å². The molecule has 0 aliphatic heterocycles. The summed E-state index contributed by atoms with van der Waals surface area (Å²) in [6, 6.07) is 10.1. The zero-order valence-corrected chi connectivity index (χ0v) is 16.2. The molecule has 0 radical (unpaired) electrons. The van der Waals surface area contributed by atoms with Crippen LogP contribution in [0.5, 0.6) is 0 Å². The van der Waals surface area contributed by atoms with Gasteiger partial charge in [-0.1, -0.05) is 23.2 Å². The SMILES string of the molecule is C[C@@H](OC(=O)c1cc(S(C)(=O)=O)ccc1Cl)C(=O)Nc1ccc(Cl)cc1. The fourth-order valence-electron chi connectivity index (χ4n) is 1.95. The molecule has 2 aromatic carbocycles. The Bertz CT molecular complexity index is 942. The first-order valence-corrected chi connectivity index (χ1v) is 9.99. The van der Waals surface area contributed by atoms with Gasteiger partial charge in [0.05, 0.1) is 15.5 Å². The summed E-state index contributed by atoms with van der Waals surface area (Å²) in [5.41, 5.74) is 0.347. The number of halogens is 2. The number of benzene rings is 2. The molecule has 0 bridgehead atoms. The van der Waals surface area contributed by atoms with Crippen LogP contribution in [0.15, 0.2) is 47.4 Å². The van der Waals surface area contributed by atoms with E-state index in [0.717, 1.165) is 12.3 Å². The number of hydrogen-bond donors (Lipinski definition) is 1. The Hall–Kier alpha value is -2.09. The first-order valence-electron chi connectivity index (χ1n) is 7.35. The Morgan fingerprint density at radius 1 is 1.08 bits per heavy atom. The third-order valence-electron chi connectivity index (χ3n) is 3.35. The summed E-state index contributed by atoms with van der Waals surface area (Å²) in [4.78, 5) is 24.3. The Morgan fingerprint density at radius 2 is 1.69 bits per heavy atom. The van der Waals surface area contributed by atoms with Gasteiger partial charge in [0.15, 0.2) is 15.9 Å². The van der Waals surface area contributed by atoms with Gasteiger partial charge in [-0.05, 0) is 49.4 Å². The molecule has 0 unspecified atom stereocenters. The Kier molecular flexibility index (Phi) is 6.28. The number of anilines is 1. The van der Waals surface area contributed by atoms with E-state index in [2.05, 4.69) is 5.32 Å². The van der Waals surface area contributed by atoms with Crippen molar-refractivity contribution < 1.29 is 22.7 Å². The van der Waals surface area contributed by atoms with Gasteiger partial charge in [-0.2, -0.15) is 0 Å². The molecule has 26 heavy (non-hydrogen) atoms. The Balaban J connectivity index is 2.11. The average molecular weight is 416 g/mol. The van der Waals surface area contributed by atoms with Gasteiger partial charge < -0.3 is 10.1 Å². The quantitative estimate of drug-likeness (QED) is 0.753. The average Bonchev–Trinajstić information content (AvgIpc) is 2.56. The minimum Gasteiger partial charge on any atom is -0.449 e. The molecule has 0 saturated carbocycles. The second-order valence-electron chi connectivity index (χ2n) is 5.46.